The van der Waals surface area contributed by atoms with Crippen LogP contribution in [0.1, 0.15) is 0 Å². The normalized spacial score (nSPS) is 14.1. The Morgan fingerprint density at radius 2 is 1.93 bits per heavy atom. The van der Waals surface area contributed by atoms with E-state index in [0.29, 0.717) is 33.8 Å². The van der Waals surface area contributed by atoms with Gasteiger partial charge in [-0.15, -0.1) is 0 Å². The summed E-state index contributed by atoms with van der Waals surface area (Å²) in [6.07, 6.45) is 2.87. The number of oxazole rings is 1. The second kappa shape index (κ2) is 5.99. The molecule has 0 bridgehead atoms. The molecule has 28 heavy (non-hydrogen) atoms. The first-order valence-corrected chi connectivity index (χ1v) is 9.87. The van der Waals surface area contributed by atoms with Crippen molar-refractivity contribution in [3.8, 4) is 17.1 Å². The lowest BCUT2D eigenvalue weighted by Crippen LogP contribution is -2.37. The third-order valence-corrected chi connectivity index (χ3v) is 6.38. The van der Waals surface area contributed by atoms with Crippen LogP contribution < -0.4 is 14.7 Å². The van der Waals surface area contributed by atoms with Gasteiger partial charge in [-0.25, -0.2) is 18.2 Å². The van der Waals surface area contributed by atoms with Crippen LogP contribution in [0.5, 0.6) is 5.75 Å². The topological polar surface area (TPSA) is 121 Å². The number of rotatable bonds is 3. The molecule has 0 spiro atoms. The van der Waals surface area contributed by atoms with Crippen LogP contribution in [0.4, 0.5) is 5.69 Å². The fourth-order valence-corrected chi connectivity index (χ4v) is 4.73. The second-order valence-electron chi connectivity index (χ2n) is 6.26. The lowest BCUT2D eigenvalue weighted by Gasteiger charge is -2.30. The molecule has 1 aliphatic heterocycles. The fourth-order valence-electron chi connectivity index (χ4n) is 3.25. The Hall–Kier alpha value is -3.53. The number of H-pyrrole nitrogens is 2. The molecule has 0 fully saturated rings. The maximum atomic E-state index is 13.3. The molecule has 0 unspecified atom stereocenters. The molecule has 0 saturated carbocycles. The van der Waals surface area contributed by atoms with Crippen molar-refractivity contribution in [1.29, 1.82) is 0 Å². The zero-order valence-electron chi connectivity index (χ0n) is 14.4. The maximum Gasteiger partial charge on any atom is 0.323 e. The Labute approximate surface area is 158 Å². The van der Waals surface area contributed by atoms with Crippen molar-refractivity contribution in [2.45, 2.75) is 4.90 Å². The molecule has 2 aromatic carbocycles. The van der Waals surface area contributed by atoms with E-state index in [0.717, 1.165) is 0 Å². The van der Waals surface area contributed by atoms with Crippen LogP contribution in [0.25, 0.3) is 22.4 Å². The first kappa shape index (κ1) is 16.6. The van der Waals surface area contributed by atoms with Gasteiger partial charge in [-0.1, -0.05) is 0 Å². The number of sulfonamides is 1. The summed E-state index contributed by atoms with van der Waals surface area (Å²) in [6, 6.07) is 9.67. The lowest BCUT2D eigenvalue weighted by atomic mass is 10.1. The summed E-state index contributed by atoms with van der Waals surface area (Å²) < 4.78 is 38.9. The van der Waals surface area contributed by atoms with Crippen LogP contribution in [0.15, 0.2) is 63.1 Å². The Bertz CT molecular complexity index is 1340. The van der Waals surface area contributed by atoms with E-state index in [-0.39, 0.29) is 18.0 Å². The molecule has 0 amide bonds. The molecule has 0 aliphatic carbocycles. The van der Waals surface area contributed by atoms with Gasteiger partial charge in [0.25, 0.3) is 10.0 Å². The van der Waals surface area contributed by atoms with Crippen LogP contribution in [-0.2, 0) is 10.0 Å². The zero-order chi connectivity index (χ0) is 19.3. The molecule has 0 saturated heterocycles. The highest BCUT2D eigenvalue weighted by atomic mass is 32.2. The first-order valence-electron chi connectivity index (χ1n) is 8.43. The van der Waals surface area contributed by atoms with Crippen molar-refractivity contribution in [1.82, 2.24) is 15.0 Å². The van der Waals surface area contributed by atoms with Gasteiger partial charge in [0.15, 0.2) is 12.2 Å². The smallest absolute Gasteiger partial charge is 0.323 e. The molecule has 9 nitrogen and oxygen atoms in total. The number of anilines is 1. The molecule has 5 rings (SSSR count). The van der Waals surface area contributed by atoms with Gasteiger partial charge in [-0.3, -0.25) is 4.31 Å². The molecular formula is C18H14N4O5S. The monoisotopic (exact) mass is 398 g/mol. The van der Waals surface area contributed by atoms with Crippen molar-refractivity contribution in [2.75, 3.05) is 17.5 Å². The van der Waals surface area contributed by atoms with Gasteiger partial charge in [-0.05, 0) is 36.4 Å². The maximum absolute atomic E-state index is 13.3. The van der Waals surface area contributed by atoms with Crippen molar-refractivity contribution < 1.29 is 17.6 Å². The molecule has 1 aliphatic rings. The van der Waals surface area contributed by atoms with Crippen molar-refractivity contribution in [2.24, 2.45) is 0 Å². The van der Waals surface area contributed by atoms with E-state index in [4.69, 9.17) is 9.15 Å². The highest BCUT2D eigenvalue weighted by Gasteiger charge is 2.31. The van der Waals surface area contributed by atoms with E-state index in [1.54, 1.807) is 30.5 Å². The summed E-state index contributed by atoms with van der Waals surface area (Å²) in [5.41, 5.74) is 1.68. The molecule has 142 valence electrons. The summed E-state index contributed by atoms with van der Waals surface area (Å²) in [5, 5.41) is 0. The number of aromatic nitrogens is 3. The van der Waals surface area contributed by atoms with Crippen molar-refractivity contribution in [3.63, 3.8) is 0 Å². The Balaban J connectivity index is 1.62. The highest BCUT2D eigenvalue weighted by Crippen LogP contribution is 2.38. The van der Waals surface area contributed by atoms with Crippen LogP contribution in [0.2, 0.25) is 0 Å². The zero-order valence-corrected chi connectivity index (χ0v) is 15.2. The van der Waals surface area contributed by atoms with E-state index in [2.05, 4.69) is 15.0 Å². The molecular weight excluding hydrogens is 384 g/mol. The minimum absolute atomic E-state index is 0.0770. The van der Waals surface area contributed by atoms with Crippen LogP contribution in [0, 0.1) is 0 Å². The fraction of sp³-hybridized carbons (Fsp3) is 0.111. The molecule has 0 radical (unpaired) electrons. The molecule has 4 aromatic rings. The lowest BCUT2D eigenvalue weighted by molar-refractivity contribution is 0.316. The Kier molecular flexibility index (Phi) is 3.56. The van der Waals surface area contributed by atoms with E-state index < -0.39 is 15.7 Å². The average molecular weight is 398 g/mol. The first-order chi connectivity index (χ1) is 13.5. The van der Waals surface area contributed by atoms with Gasteiger partial charge < -0.3 is 19.1 Å². The van der Waals surface area contributed by atoms with Gasteiger partial charge in [0.1, 0.15) is 12.4 Å². The Morgan fingerprint density at radius 1 is 1.07 bits per heavy atom. The second-order valence-corrected chi connectivity index (χ2v) is 8.12. The van der Waals surface area contributed by atoms with Gasteiger partial charge in [-0.2, -0.15) is 0 Å². The largest absolute Gasteiger partial charge is 0.489 e. The molecule has 2 aromatic heterocycles. The number of benzene rings is 2. The van der Waals surface area contributed by atoms with E-state index in [1.807, 2.05) is 0 Å². The number of nitrogens with one attached hydrogen (secondary N) is 2. The summed E-state index contributed by atoms with van der Waals surface area (Å²) in [7, 11) is -3.87. The SMILES string of the molecule is O=c1[nH]c2ccc(S(=O)(=O)N3CCOc4ccc(-c5cnco5)cc43)cc2[nH]1. The average Bonchev–Trinajstić information content (AvgIpc) is 3.35. The predicted octanol–water partition coefficient (Wildman–Crippen LogP) is 2.10. The van der Waals surface area contributed by atoms with Gasteiger partial charge in [0, 0.05) is 5.56 Å². The van der Waals surface area contributed by atoms with Crippen molar-refractivity contribution in [3.05, 3.63) is 59.5 Å². The van der Waals surface area contributed by atoms with Crippen LogP contribution >= 0.6 is 0 Å². The Morgan fingerprint density at radius 3 is 2.75 bits per heavy atom. The van der Waals surface area contributed by atoms with Gasteiger partial charge >= 0.3 is 5.69 Å². The third-order valence-electron chi connectivity index (χ3n) is 4.57. The number of imidazole rings is 1. The summed E-state index contributed by atoms with van der Waals surface area (Å²) in [5.74, 6) is 0.992. The summed E-state index contributed by atoms with van der Waals surface area (Å²) in [6.45, 7) is 0.397. The molecule has 3 heterocycles. The third kappa shape index (κ3) is 2.57. The van der Waals surface area contributed by atoms with E-state index >= 15 is 0 Å². The highest BCUT2D eigenvalue weighted by molar-refractivity contribution is 7.92. The minimum Gasteiger partial charge on any atom is -0.489 e. The summed E-state index contributed by atoms with van der Waals surface area (Å²) >= 11 is 0. The van der Waals surface area contributed by atoms with Crippen LogP contribution in [-0.4, -0.2) is 36.5 Å². The number of nitrogens with zero attached hydrogens (tertiary/aromatic N) is 2. The number of fused-ring (bicyclic) bond motifs is 2. The number of hydrogen-bond acceptors (Lipinski definition) is 6. The number of hydrogen-bond donors (Lipinski definition) is 2. The minimum atomic E-state index is -3.87. The molecule has 2 N–H and O–H groups in total. The number of aromatic amines is 2. The van der Waals surface area contributed by atoms with Crippen molar-refractivity contribution >= 4 is 26.7 Å². The standard InChI is InChI=1S/C18H14N4O5S/c23-18-20-13-3-2-12(8-14(13)21-18)28(24,25)22-5-6-26-16-4-1-11(7-15(16)22)17-9-19-10-27-17/h1-4,7-10H,5-6H2,(H2,20,21,23). The quantitative estimate of drug-likeness (QED) is 0.545. The summed E-state index contributed by atoms with van der Waals surface area (Å²) in [4.78, 5) is 20.6. The molecule has 0 atom stereocenters. The van der Waals surface area contributed by atoms with E-state index in [9.17, 15) is 13.2 Å². The number of ether oxygens (including phenoxy) is 1. The van der Waals surface area contributed by atoms with Crippen LogP contribution in [0.3, 0.4) is 0 Å². The van der Waals surface area contributed by atoms with E-state index in [1.165, 1.54) is 22.8 Å². The van der Waals surface area contributed by atoms with Gasteiger partial charge in [0.2, 0.25) is 0 Å². The molecule has 10 heteroatoms. The predicted molar refractivity (Wildman–Crippen MR) is 101 cm³/mol. The van der Waals surface area contributed by atoms with Gasteiger partial charge in [0.05, 0.1) is 34.4 Å².